The minimum absolute atomic E-state index is 0.222. The normalized spacial score (nSPS) is 25.3. The van der Waals surface area contributed by atoms with E-state index in [1.165, 1.54) is 4.88 Å². The number of carbonyl (C=O) groups excluding carboxylic acids is 1. The van der Waals surface area contributed by atoms with E-state index in [1.807, 2.05) is 17.0 Å². The first-order valence-electron chi connectivity index (χ1n) is 7.42. The van der Waals surface area contributed by atoms with Gasteiger partial charge >= 0.3 is 0 Å². The van der Waals surface area contributed by atoms with Crippen molar-refractivity contribution in [2.24, 2.45) is 0 Å². The van der Waals surface area contributed by atoms with Crippen molar-refractivity contribution in [2.45, 2.75) is 19.4 Å². The van der Waals surface area contributed by atoms with Crippen molar-refractivity contribution in [1.82, 2.24) is 14.7 Å². The van der Waals surface area contributed by atoms with Crippen molar-refractivity contribution in [1.29, 1.82) is 0 Å². The summed E-state index contributed by atoms with van der Waals surface area (Å²) in [4.78, 5) is 21.5. The molecule has 1 aromatic rings. The number of carbonyl (C=O) groups is 1. The number of likely N-dealkylation sites (N-methyl/N-ethyl adjacent to an activating group) is 1. The molecule has 0 aliphatic carbocycles. The average molecular weight is 293 g/mol. The van der Waals surface area contributed by atoms with E-state index in [0.29, 0.717) is 6.04 Å². The maximum absolute atomic E-state index is 12.5. The summed E-state index contributed by atoms with van der Waals surface area (Å²) in [6, 6.07) is 4.56. The highest BCUT2D eigenvalue weighted by Gasteiger charge is 2.32. The molecule has 0 unspecified atom stereocenters. The molecular formula is C15H23N3OS. The number of rotatable bonds is 2. The molecule has 0 saturated carbocycles. The van der Waals surface area contributed by atoms with Crippen LogP contribution in [0.1, 0.15) is 21.0 Å². The van der Waals surface area contributed by atoms with Gasteiger partial charge in [0.25, 0.3) is 5.91 Å². The van der Waals surface area contributed by atoms with Crippen molar-refractivity contribution in [3.05, 3.63) is 21.9 Å². The monoisotopic (exact) mass is 293 g/mol. The summed E-state index contributed by atoms with van der Waals surface area (Å²) in [5.41, 5.74) is 0. The summed E-state index contributed by atoms with van der Waals surface area (Å²) in [6.45, 7) is 8.44. The highest BCUT2D eigenvalue weighted by atomic mass is 32.1. The summed E-state index contributed by atoms with van der Waals surface area (Å²) in [7, 11) is 2.18. The summed E-state index contributed by atoms with van der Waals surface area (Å²) in [5, 5.41) is 0. The molecule has 0 aromatic carbocycles. The van der Waals surface area contributed by atoms with E-state index in [2.05, 4.69) is 23.8 Å². The molecule has 1 atom stereocenters. The first-order chi connectivity index (χ1) is 9.63. The summed E-state index contributed by atoms with van der Waals surface area (Å²) in [5.74, 6) is 0.222. The standard InChI is InChI=1S/C15H23N3OS/c1-12-3-4-14(20-12)15(19)18-6-5-13(11-18)17-9-7-16(2)8-10-17/h3-4,13H,5-11H2,1-2H3/t13-/m1/s1. The van der Waals surface area contributed by atoms with Crippen molar-refractivity contribution in [3.8, 4) is 0 Å². The molecule has 4 nitrogen and oxygen atoms in total. The Balaban J connectivity index is 1.58. The number of piperazine rings is 1. The first kappa shape index (κ1) is 14.0. The highest BCUT2D eigenvalue weighted by Crippen LogP contribution is 2.22. The smallest absolute Gasteiger partial charge is 0.263 e. The lowest BCUT2D eigenvalue weighted by Gasteiger charge is -2.36. The van der Waals surface area contributed by atoms with Gasteiger partial charge in [-0.05, 0) is 32.5 Å². The van der Waals surface area contributed by atoms with Gasteiger partial charge in [-0.25, -0.2) is 0 Å². The van der Waals surface area contributed by atoms with Crippen molar-refractivity contribution >= 4 is 17.2 Å². The van der Waals surface area contributed by atoms with Crippen LogP contribution in [-0.4, -0.2) is 73.0 Å². The SMILES string of the molecule is Cc1ccc(C(=O)N2CC[C@@H](N3CCN(C)CC3)C2)s1. The quantitative estimate of drug-likeness (QED) is 0.827. The van der Waals surface area contributed by atoms with Crippen LogP contribution < -0.4 is 0 Å². The fourth-order valence-corrected chi connectivity index (χ4v) is 3.95. The molecule has 1 amide bonds. The zero-order valence-corrected chi connectivity index (χ0v) is 13.2. The summed E-state index contributed by atoms with van der Waals surface area (Å²) >= 11 is 1.61. The molecule has 0 radical (unpaired) electrons. The number of likely N-dealkylation sites (tertiary alicyclic amines) is 1. The number of hydrogen-bond donors (Lipinski definition) is 0. The van der Waals surface area contributed by atoms with Crippen molar-refractivity contribution < 1.29 is 4.79 Å². The predicted octanol–water partition coefficient (Wildman–Crippen LogP) is 1.52. The van der Waals surface area contributed by atoms with Crippen LogP contribution in [0.4, 0.5) is 0 Å². The molecule has 0 N–H and O–H groups in total. The predicted molar refractivity (Wildman–Crippen MR) is 82.4 cm³/mol. The molecule has 2 fully saturated rings. The zero-order valence-electron chi connectivity index (χ0n) is 12.3. The van der Waals surface area contributed by atoms with Gasteiger partial charge in [-0.15, -0.1) is 11.3 Å². The Kier molecular flexibility index (Phi) is 4.10. The van der Waals surface area contributed by atoms with Gasteiger partial charge in [-0.3, -0.25) is 9.69 Å². The zero-order chi connectivity index (χ0) is 14.1. The molecule has 2 aliphatic rings. The highest BCUT2D eigenvalue weighted by molar-refractivity contribution is 7.13. The Morgan fingerprint density at radius 1 is 1.20 bits per heavy atom. The minimum atomic E-state index is 0.222. The van der Waals surface area contributed by atoms with Crippen LogP contribution >= 0.6 is 11.3 Å². The van der Waals surface area contributed by atoms with Gasteiger partial charge < -0.3 is 9.80 Å². The number of thiophene rings is 1. The van der Waals surface area contributed by atoms with Crippen LogP contribution in [0, 0.1) is 6.92 Å². The van der Waals surface area contributed by atoms with Gasteiger partial charge in [0.2, 0.25) is 0 Å². The van der Waals surface area contributed by atoms with Gasteiger partial charge in [0.1, 0.15) is 0 Å². The average Bonchev–Trinajstić information content (AvgIpc) is 3.08. The number of amides is 1. The molecule has 20 heavy (non-hydrogen) atoms. The lowest BCUT2D eigenvalue weighted by atomic mass is 10.2. The van der Waals surface area contributed by atoms with Crippen LogP contribution in [0.25, 0.3) is 0 Å². The lowest BCUT2D eigenvalue weighted by molar-refractivity contribution is 0.0760. The third-order valence-corrected chi connectivity index (χ3v) is 5.44. The molecule has 1 aromatic heterocycles. The van der Waals surface area contributed by atoms with E-state index in [1.54, 1.807) is 11.3 Å². The number of aryl methyl sites for hydroxylation is 1. The summed E-state index contributed by atoms with van der Waals surface area (Å²) < 4.78 is 0. The fraction of sp³-hybridized carbons (Fsp3) is 0.667. The molecular weight excluding hydrogens is 270 g/mol. The second-order valence-corrected chi connectivity index (χ2v) is 7.23. The molecule has 5 heteroatoms. The largest absolute Gasteiger partial charge is 0.336 e. The lowest BCUT2D eigenvalue weighted by Crippen LogP contribution is -2.49. The third kappa shape index (κ3) is 2.90. The Hall–Kier alpha value is -0.910. The molecule has 110 valence electrons. The van der Waals surface area contributed by atoms with E-state index in [4.69, 9.17) is 0 Å². The van der Waals surface area contributed by atoms with Crippen LogP contribution in [0.2, 0.25) is 0 Å². The van der Waals surface area contributed by atoms with Gasteiger partial charge in [0, 0.05) is 50.2 Å². The first-order valence-corrected chi connectivity index (χ1v) is 8.23. The van der Waals surface area contributed by atoms with Crippen molar-refractivity contribution in [3.63, 3.8) is 0 Å². The van der Waals surface area contributed by atoms with E-state index >= 15 is 0 Å². The van der Waals surface area contributed by atoms with Crippen molar-refractivity contribution in [2.75, 3.05) is 46.3 Å². The van der Waals surface area contributed by atoms with E-state index in [0.717, 1.165) is 50.6 Å². The minimum Gasteiger partial charge on any atom is -0.336 e. The van der Waals surface area contributed by atoms with Gasteiger partial charge in [0.05, 0.1) is 4.88 Å². The fourth-order valence-electron chi connectivity index (χ4n) is 3.12. The van der Waals surface area contributed by atoms with Gasteiger partial charge in [0.15, 0.2) is 0 Å². The third-order valence-electron chi connectivity index (χ3n) is 4.46. The van der Waals surface area contributed by atoms with E-state index < -0.39 is 0 Å². The van der Waals surface area contributed by atoms with Gasteiger partial charge in [-0.2, -0.15) is 0 Å². The molecule has 0 spiro atoms. The number of hydrogen-bond acceptors (Lipinski definition) is 4. The van der Waals surface area contributed by atoms with Crippen LogP contribution in [0.5, 0.6) is 0 Å². The second kappa shape index (κ2) is 5.84. The van der Waals surface area contributed by atoms with Gasteiger partial charge in [-0.1, -0.05) is 0 Å². The summed E-state index contributed by atoms with van der Waals surface area (Å²) in [6.07, 6.45) is 1.12. The molecule has 2 saturated heterocycles. The Morgan fingerprint density at radius 3 is 2.60 bits per heavy atom. The number of nitrogens with zero attached hydrogens (tertiary/aromatic N) is 3. The van der Waals surface area contributed by atoms with Crippen LogP contribution in [0.3, 0.4) is 0 Å². The molecule has 3 rings (SSSR count). The molecule has 0 bridgehead atoms. The van der Waals surface area contributed by atoms with E-state index in [9.17, 15) is 4.79 Å². The Bertz CT molecular complexity index is 479. The Labute approximate surface area is 125 Å². The van der Waals surface area contributed by atoms with Crippen LogP contribution in [0.15, 0.2) is 12.1 Å². The maximum atomic E-state index is 12.5. The topological polar surface area (TPSA) is 26.8 Å². The Morgan fingerprint density at radius 2 is 1.95 bits per heavy atom. The molecule has 2 aliphatic heterocycles. The van der Waals surface area contributed by atoms with Crippen LogP contribution in [-0.2, 0) is 0 Å². The second-order valence-electron chi connectivity index (χ2n) is 5.94. The molecule has 3 heterocycles. The van der Waals surface area contributed by atoms with E-state index in [-0.39, 0.29) is 5.91 Å². The maximum Gasteiger partial charge on any atom is 0.263 e.